The van der Waals surface area contributed by atoms with Gasteiger partial charge in [0, 0.05) is 48.5 Å². The maximum atomic E-state index is 9.50. The highest BCUT2D eigenvalue weighted by Crippen LogP contribution is 2.38. The maximum absolute atomic E-state index is 9.50. The number of piperazine rings is 1. The first-order chi connectivity index (χ1) is 10.0. The van der Waals surface area contributed by atoms with Gasteiger partial charge in [0.1, 0.15) is 0 Å². The second-order valence-electron chi connectivity index (χ2n) is 6.57. The Morgan fingerprint density at radius 1 is 1.23 bits per heavy atom. The molecule has 1 saturated heterocycles. The molecule has 3 nitrogen and oxygen atoms in total. The Hall–Kier alpha value is -0.260. The van der Waals surface area contributed by atoms with E-state index in [1.54, 1.807) is 0 Å². The summed E-state index contributed by atoms with van der Waals surface area (Å²) >= 11 is 1.92. The zero-order valence-electron chi connectivity index (χ0n) is 13.8. The maximum Gasteiger partial charge on any atom is 0.0449 e. The molecule has 1 aliphatic rings. The smallest absolute Gasteiger partial charge is 0.0449 e. The highest BCUT2D eigenvalue weighted by atomic mass is 35.5. The second kappa shape index (κ2) is 9.14. The summed E-state index contributed by atoms with van der Waals surface area (Å²) in [5.74, 6) is 0. The average molecular weight is 345 g/mol. The predicted molar refractivity (Wildman–Crippen MR) is 98.2 cm³/mol. The van der Waals surface area contributed by atoms with Crippen molar-refractivity contribution in [3.05, 3.63) is 29.8 Å². The Labute approximate surface area is 145 Å². The number of hydrogen-bond acceptors (Lipinski definition) is 4. The summed E-state index contributed by atoms with van der Waals surface area (Å²) < 4.78 is 0.198. The molecule has 0 aliphatic carbocycles. The van der Waals surface area contributed by atoms with Crippen LogP contribution in [0.15, 0.2) is 29.2 Å². The summed E-state index contributed by atoms with van der Waals surface area (Å²) in [5, 5.41) is 12.9. The number of nitrogens with zero attached hydrogens (tertiary/aromatic N) is 1. The van der Waals surface area contributed by atoms with Crippen LogP contribution in [0.3, 0.4) is 0 Å². The third kappa shape index (κ3) is 5.74. The highest BCUT2D eigenvalue weighted by molar-refractivity contribution is 8.00. The van der Waals surface area contributed by atoms with Crippen LogP contribution in [-0.2, 0) is 0 Å². The average Bonchev–Trinajstić information content (AvgIpc) is 2.45. The van der Waals surface area contributed by atoms with Gasteiger partial charge in [0.05, 0.1) is 0 Å². The zero-order valence-corrected chi connectivity index (χ0v) is 15.5. The summed E-state index contributed by atoms with van der Waals surface area (Å²) in [6, 6.07) is 9.01. The van der Waals surface area contributed by atoms with E-state index in [4.69, 9.17) is 0 Å². The predicted octanol–water partition coefficient (Wildman–Crippen LogP) is 3.33. The summed E-state index contributed by atoms with van der Waals surface area (Å²) in [4.78, 5) is 3.86. The lowest BCUT2D eigenvalue weighted by Crippen LogP contribution is -2.45. The molecule has 1 aromatic rings. The van der Waals surface area contributed by atoms with Crippen molar-refractivity contribution >= 4 is 24.2 Å². The number of thioether (sulfide) groups is 1. The van der Waals surface area contributed by atoms with Crippen LogP contribution in [0, 0.1) is 0 Å². The lowest BCUT2D eigenvalue weighted by Gasteiger charge is -2.36. The van der Waals surface area contributed by atoms with Gasteiger partial charge in [-0.05, 0) is 18.1 Å². The van der Waals surface area contributed by atoms with E-state index in [0.717, 1.165) is 32.6 Å². The number of nitrogens with one attached hydrogen (secondary N) is 1. The van der Waals surface area contributed by atoms with E-state index < -0.39 is 0 Å². The first kappa shape index (κ1) is 19.8. The van der Waals surface area contributed by atoms with Crippen LogP contribution in [-0.4, -0.2) is 47.5 Å². The van der Waals surface area contributed by atoms with Gasteiger partial charge in [0.15, 0.2) is 0 Å². The first-order valence-corrected chi connectivity index (χ1v) is 8.66. The van der Waals surface area contributed by atoms with Crippen LogP contribution < -0.4 is 5.32 Å². The van der Waals surface area contributed by atoms with E-state index in [1.165, 1.54) is 10.5 Å². The molecule has 1 fully saturated rings. The minimum atomic E-state index is 0. The van der Waals surface area contributed by atoms with E-state index >= 15 is 0 Å². The Morgan fingerprint density at radius 2 is 1.86 bits per heavy atom. The second-order valence-corrected chi connectivity index (χ2v) is 8.44. The Balaban J connectivity index is 0.00000242. The van der Waals surface area contributed by atoms with Gasteiger partial charge in [-0.25, -0.2) is 0 Å². The molecule has 22 heavy (non-hydrogen) atoms. The number of benzene rings is 1. The molecular formula is C17H29ClN2OS. The van der Waals surface area contributed by atoms with Crippen LogP contribution in [0.25, 0.3) is 0 Å². The van der Waals surface area contributed by atoms with E-state index in [2.05, 4.69) is 55.3 Å². The molecule has 2 rings (SSSR count). The zero-order chi connectivity index (χ0) is 15.3. The summed E-state index contributed by atoms with van der Waals surface area (Å²) in [7, 11) is 0. The third-order valence-electron chi connectivity index (χ3n) is 3.69. The number of rotatable bonds is 5. The number of hydrogen-bond donors (Lipinski definition) is 2. The standard InChI is InChI=1S/C17H28N2OS.ClH/c1-17(2,3)21-16-7-5-4-6-14(16)15(8-13-20)19-11-9-18-10-12-19;/h4-7,15,18,20H,8-13H2,1-3H3;1H/t15-;/m0./s1. The fourth-order valence-electron chi connectivity index (χ4n) is 2.83. The molecule has 2 N–H and O–H groups in total. The molecule has 0 aromatic heterocycles. The molecule has 1 heterocycles. The van der Waals surface area contributed by atoms with Gasteiger partial charge >= 0.3 is 0 Å². The quantitative estimate of drug-likeness (QED) is 0.803. The number of aliphatic hydroxyl groups is 1. The van der Waals surface area contributed by atoms with Crippen LogP contribution in [0.2, 0.25) is 0 Å². The van der Waals surface area contributed by atoms with E-state index in [-0.39, 0.29) is 23.8 Å². The number of aliphatic hydroxyl groups excluding tert-OH is 1. The van der Waals surface area contributed by atoms with Gasteiger partial charge in [-0.3, -0.25) is 4.90 Å². The van der Waals surface area contributed by atoms with Crippen molar-refractivity contribution in [1.29, 1.82) is 0 Å². The molecule has 126 valence electrons. The Morgan fingerprint density at radius 3 is 2.45 bits per heavy atom. The molecule has 5 heteroatoms. The summed E-state index contributed by atoms with van der Waals surface area (Å²) in [5.41, 5.74) is 1.37. The molecular weight excluding hydrogens is 316 g/mol. The van der Waals surface area contributed by atoms with Crippen molar-refractivity contribution in [1.82, 2.24) is 10.2 Å². The van der Waals surface area contributed by atoms with Crippen molar-refractivity contribution in [2.75, 3.05) is 32.8 Å². The monoisotopic (exact) mass is 344 g/mol. The summed E-state index contributed by atoms with van der Waals surface area (Å²) in [6.07, 6.45) is 0.807. The molecule has 0 unspecified atom stereocenters. The lowest BCUT2D eigenvalue weighted by atomic mass is 10.0. The van der Waals surface area contributed by atoms with Crippen molar-refractivity contribution in [2.45, 2.75) is 42.9 Å². The third-order valence-corrected chi connectivity index (χ3v) is 4.89. The molecule has 0 radical (unpaired) electrons. The minimum Gasteiger partial charge on any atom is -0.396 e. The van der Waals surface area contributed by atoms with Gasteiger partial charge in [-0.1, -0.05) is 39.0 Å². The molecule has 0 bridgehead atoms. The molecule has 1 aromatic carbocycles. The Bertz CT molecular complexity index is 445. The van der Waals surface area contributed by atoms with Crippen molar-refractivity contribution in [3.63, 3.8) is 0 Å². The van der Waals surface area contributed by atoms with Gasteiger partial charge in [-0.2, -0.15) is 0 Å². The molecule has 1 atom stereocenters. The molecule has 0 saturated carbocycles. The van der Waals surface area contributed by atoms with E-state index in [1.807, 2.05) is 11.8 Å². The van der Waals surface area contributed by atoms with Crippen molar-refractivity contribution in [3.8, 4) is 0 Å². The summed E-state index contributed by atoms with van der Waals surface area (Å²) in [6.45, 7) is 11.2. The molecule has 0 amide bonds. The van der Waals surface area contributed by atoms with E-state index in [0.29, 0.717) is 6.04 Å². The van der Waals surface area contributed by atoms with E-state index in [9.17, 15) is 5.11 Å². The topological polar surface area (TPSA) is 35.5 Å². The molecule has 0 spiro atoms. The van der Waals surface area contributed by atoms with Gasteiger partial charge in [0.25, 0.3) is 0 Å². The van der Waals surface area contributed by atoms with Crippen molar-refractivity contribution < 1.29 is 5.11 Å². The van der Waals surface area contributed by atoms with Crippen molar-refractivity contribution in [2.24, 2.45) is 0 Å². The largest absolute Gasteiger partial charge is 0.396 e. The number of halogens is 1. The minimum absolute atomic E-state index is 0. The Kier molecular flexibility index (Phi) is 8.22. The molecule has 1 aliphatic heterocycles. The van der Waals surface area contributed by atoms with Crippen LogP contribution in [0.4, 0.5) is 0 Å². The fraction of sp³-hybridized carbons (Fsp3) is 0.647. The van der Waals surface area contributed by atoms with Crippen LogP contribution >= 0.6 is 24.2 Å². The van der Waals surface area contributed by atoms with Gasteiger partial charge in [-0.15, -0.1) is 24.2 Å². The highest BCUT2D eigenvalue weighted by Gasteiger charge is 2.25. The fourth-order valence-corrected chi connectivity index (χ4v) is 3.96. The normalized spacial score (nSPS) is 17.8. The SMILES string of the molecule is CC(C)(C)Sc1ccccc1[C@H](CCO)N1CCNCC1.Cl. The van der Waals surface area contributed by atoms with Crippen LogP contribution in [0.5, 0.6) is 0 Å². The van der Waals surface area contributed by atoms with Crippen LogP contribution in [0.1, 0.15) is 38.8 Å². The lowest BCUT2D eigenvalue weighted by molar-refractivity contribution is 0.139. The van der Waals surface area contributed by atoms with Gasteiger partial charge < -0.3 is 10.4 Å². The van der Waals surface area contributed by atoms with Gasteiger partial charge in [0.2, 0.25) is 0 Å². The first-order valence-electron chi connectivity index (χ1n) is 7.85.